The number of nitro groups is 1. The maximum atomic E-state index is 14.3. The Kier molecular flexibility index (Phi) is 11.5. The molecule has 14 heteroatoms. The molecule has 0 spiro atoms. The van der Waals surface area contributed by atoms with Gasteiger partial charge in [-0.2, -0.15) is 0 Å². The summed E-state index contributed by atoms with van der Waals surface area (Å²) in [4.78, 5) is 39.7. The molecule has 3 aromatic rings. The number of benzene rings is 3. The normalized spacial score (nSPS) is 14.3. The Hall–Kier alpha value is -3.87. The molecule has 11 nitrogen and oxygen atoms in total. The lowest BCUT2D eigenvalue weighted by atomic mass is 9.95. The number of hydrogen-bond acceptors (Lipinski definition) is 7. The first-order valence-electron chi connectivity index (χ1n) is 14.8. The van der Waals surface area contributed by atoms with E-state index >= 15 is 0 Å². The highest BCUT2D eigenvalue weighted by Crippen LogP contribution is 2.36. The molecule has 0 bridgehead atoms. The van der Waals surface area contributed by atoms with Crippen molar-refractivity contribution in [3.8, 4) is 5.75 Å². The van der Waals surface area contributed by atoms with Crippen LogP contribution in [-0.2, 0) is 26.2 Å². The van der Waals surface area contributed by atoms with Crippen LogP contribution < -0.4 is 14.4 Å². The first kappa shape index (κ1) is 35.0. The number of aryl methyl sites for hydroxylation is 1. The molecular weight excluding hydrogens is 655 g/mol. The predicted octanol–water partition coefficient (Wildman–Crippen LogP) is 6.28. The van der Waals surface area contributed by atoms with Gasteiger partial charge in [0.2, 0.25) is 11.8 Å². The summed E-state index contributed by atoms with van der Waals surface area (Å²) in [5.74, 6) is -0.971. The molecular formula is C32H36Cl2N4O7S. The van der Waals surface area contributed by atoms with E-state index in [1.165, 1.54) is 49.3 Å². The summed E-state index contributed by atoms with van der Waals surface area (Å²) in [5.41, 5.74) is 0.470. The third-order valence-electron chi connectivity index (χ3n) is 8.04. The molecule has 0 heterocycles. The average Bonchev–Trinajstić information content (AvgIpc) is 3.03. The molecule has 3 aromatic carbocycles. The van der Waals surface area contributed by atoms with E-state index in [1.54, 1.807) is 31.2 Å². The molecule has 246 valence electrons. The number of amides is 2. The zero-order valence-electron chi connectivity index (χ0n) is 25.7. The number of rotatable bonds is 12. The first-order valence-corrected chi connectivity index (χ1v) is 17.0. The Morgan fingerprint density at radius 1 is 1.02 bits per heavy atom. The second-order valence-corrected chi connectivity index (χ2v) is 13.9. The number of nitro benzene ring substituents is 1. The van der Waals surface area contributed by atoms with E-state index in [1.807, 2.05) is 0 Å². The van der Waals surface area contributed by atoms with Gasteiger partial charge in [-0.3, -0.25) is 24.0 Å². The van der Waals surface area contributed by atoms with Crippen LogP contribution in [0.15, 0.2) is 65.6 Å². The molecule has 1 aliphatic carbocycles. The third-order valence-corrected chi connectivity index (χ3v) is 10.3. The van der Waals surface area contributed by atoms with Gasteiger partial charge in [-0.25, -0.2) is 8.42 Å². The highest BCUT2D eigenvalue weighted by atomic mass is 35.5. The molecule has 1 aliphatic rings. The van der Waals surface area contributed by atoms with E-state index < -0.39 is 44.0 Å². The summed E-state index contributed by atoms with van der Waals surface area (Å²) >= 11 is 12.4. The minimum atomic E-state index is -4.63. The van der Waals surface area contributed by atoms with Crippen molar-refractivity contribution in [3.05, 3.63) is 92.0 Å². The second-order valence-electron chi connectivity index (χ2n) is 11.2. The van der Waals surface area contributed by atoms with Crippen molar-refractivity contribution >= 4 is 56.4 Å². The largest absolute Gasteiger partial charge is 0.495 e. The molecule has 46 heavy (non-hydrogen) atoms. The summed E-state index contributed by atoms with van der Waals surface area (Å²) in [7, 11) is -3.29. The molecule has 0 radical (unpaired) electrons. The number of nitrogens with one attached hydrogen (secondary N) is 1. The highest BCUT2D eigenvalue weighted by Gasteiger charge is 2.35. The summed E-state index contributed by atoms with van der Waals surface area (Å²) in [6.45, 7) is 2.29. The molecule has 0 saturated heterocycles. The van der Waals surface area contributed by atoms with Gasteiger partial charge in [0.15, 0.2) is 0 Å². The van der Waals surface area contributed by atoms with Crippen LogP contribution in [0.2, 0.25) is 10.0 Å². The predicted molar refractivity (Wildman–Crippen MR) is 177 cm³/mol. The quantitative estimate of drug-likeness (QED) is 0.174. The van der Waals surface area contributed by atoms with E-state index in [2.05, 4.69) is 5.32 Å². The third kappa shape index (κ3) is 8.28. The van der Waals surface area contributed by atoms with Crippen LogP contribution >= 0.6 is 23.2 Å². The lowest BCUT2D eigenvalue weighted by molar-refractivity contribution is -0.385. The smallest absolute Gasteiger partial charge is 0.273 e. The van der Waals surface area contributed by atoms with Gasteiger partial charge in [0, 0.05) is 34.3 Å². The van der Waals surface area contributed by atoms with Crippen molar-refractivity contribution in [2.24, 2.45) is 0 Å². The molecule has 1 unspecified atom stereocenters. The Morgan fingerprint density at radius 2 is 1.67 bits per heavy atom. The number of hydrogen-bond donors (Lipinski definition) is 1. The minimum absolute atomic E-state index is 0.0129. The molecule has 1 N–H and O–H groups in total. The van der Waals surface area contributed by atoms with Crippen LogP contribution in [0.5, 0.6) is 5.75 Å². The molecule has 0 aliphatic heterocycles. The monoisotopic (exact) mass is 690 g/mol. The molecule has 1 fully saturated rings. The lowest BCUT2D eigenvalue weighted by Crippen LogP contribution is -2.53. The SMILES string of the molecule is COc1ccc(Cl)cc1N(CC(=O)N(Cc1ccc(Cl)cc1)C(C)C(=O)NC1CCCCC1)S(=O)(=O)c1ccc(C)c([N+](=O)[O-])c1. The fourth-order valence-electron chi connectivity index (χ4n) is 5.38. The number of halogens is 2. The van der Waals surface area contributed by atoms with E-state index in [9.17, 15) is 28.1 Å². The Morgan fingerprint density at radius 3 is 2.30 bits per heavy atom. The van der Waals surface area contributed by atoms with Crippen molar-refractivity contribution in [2.75, 3.05) is 18.0 Å². The average molecular weight is 692 g/mol. The van der Waals surface area contributed by atoms with Gasteiger partial charge in [-0.05, 0) is 68.7 Å². The summed E-state index contributed by atoms with van der Waals surface area (Å²) in [6.07, 6.45) is 4.78. The molecule has 2 amide bonds. The van der Waals surface area contributed by atoms with Gasteiger partial charge < -0.3 is 15.0 Å². The van der Waals surface area contributed by atoms with Crippen LogP contribution in [0.25, 0.3) is 0 Å². The maximum absolute atomic E-state index is 14.3. The van der Waals surface area contributed by atoms with Crippen LogP contribution in [0.4, 0.5) is 11.4 Å². The number of carbonyl (C=O) groups excluding carboxylic acids is 2. The number of ether oxygens (including phenoxy) is 1. The van der Waals surface area contributed by atoms with Crippen LogP contribution in [0, 0.1) is 17.0 Å². The number of nitrogens with zero attached hydrogens (tertiary/aromatic N) is 3. The Labute approximate surface area is 278 Å². The number of anilines is 1. The summed E-state index contributed by atoms with van der Waals surface area (Å²) in [6, 6.07) is 13.5. The van der Waals surface area contributed by atoms with Crippen molar-refractivity contribution in [1.29, 1.82) is 0 Å². The second kappa shape index (κ2) is 15.1. The first-order chi connectivity index (χ1) is 21.8. The fraction of sp³-hybridized carbons (Fsp3) is 0.375. The summed E-state index contributed by atoms with van der Waals surface area (Å²) in [5, 5.41) is 15.4. The number of carbonyl (C=O) groups is 2. The van der Waals surface area contributed by atoms with Crippen molar-refractivity contribution in [3.63, 3.8) is 0 Å². The molecule has 0 aromatic heterocycles. The molecule has 1 saturated carbocycles. The van der Waals surface area contributed by atoms with Crippen molar-refractivity contribution in [1.82, 2.24) is 10.2 Å². The standard InChI is InChI=1S/C32H36Cl2N4O7S/c1-21-9-15-27(18-28(21)38(41)42)46(43,44)37(29-17-25(34)14-16-30(29)45-3)20-31(39)36(19-23-10-12-24(33)13-11-23)22(2)32(40)35-26-7-5-4-6-8-26/h9-18,22,26H,4-8,19-20H2,1-3H3,(H,35,40). The zero-order valence-corrected chi connectivity index (χ0v) is 28.1. The molecule has 1 atom stereocenters. The fourth-order valence-corrected chi connectivity index (χ4v) is 7.11. The van der Waals surface area contributed by atoms with E-state index in [0.29, 0.717) is 10.6 Å². The van der Waals surface area contributed by atoms with E-state index in [0.717, 1.165) is 42.5 Å². The van der Waals surface area contributed by atoms with Crippen molar-refractivity contribution < 1.29 is 27.7 Å². The van der Waals surface area contributed by atoms with Crippen LogP contribution in [-0.4, -0.2) is 55.8 Å². The van der Waals surface area contributed by atoms with Gasteiger partial charge in [-0.1, -0.05) is 60.7 Å². The maximum Gasteiger partial charge on any atom is 0.273 e. The van der Waals surface area contributed by atoms with Gasteiger partial charge in [0.25, 0.3) is 15.7 Å². The van der Waals surface area contributed by atoms with Gasteiger partial charge in [0.05, 0.1) is 22.6 Å². The topological polar surface area (TPSA) is 139 Å². The number of sulfonamides is 1. The highest BCUT2D eigenvalue weighted by molar-refractivity contribution is 7.92. The van der Waals surface area contributed by atoms with Crippen LogP contribution in [0.3, 0.4) is 0 Å². The zero-order chi connectivity index (χ0) is 33.6. The van der Waals surface area contributed by atoms with Gasteiger partial charge in [0.1, 0.15) is 18.3 Å². The Bertz CT molecular complexity index is 1700. The minimum Gasteiger partial charge on any atom is -0.495 e. The van der Waals surface area contributed by atoms with Gasteiger partial charge in [-0.15, -0.1) is 0 Å². The van der Waals surface area contributed by atoms with E-state index in [-0.39, 0.29) is 40.5 Å². The number of methoxy groups -OCH3 is 1. The Balaban J connectivity index is 1.77. The van der Waals surface area contributed by atoms with Crippen molar-refractivity contribution in [2.45, 2.75) is 69.5 Å². The molecule has 4 rings (SSSR count). The summed E-state index contributed by atoms with van der Waals surface area (Å²) < 4.78 is 34.8. The van der Waals surface area contributed by atoms with Gasteiger partial charge >= 0.3 is 0 Å². The van der Waals surface area contributed by atoms with E-state index in [4.69, 9.17) is 27.9 Å². The lowest BCUT2D eigenvalue weighted by Gasteiger charge is -2.33. The van der Waals surface area contributed by atoms with Crippen LogP contribution in [0.1, 0.15) is 50.2 Å².